The number of nitrogens with two attached hydrogens (primary N) is 1. The van der Waals surface area contributed by atoms with Crippen molar-refractivity contribution in [3.8, 4) is 0 Å². The summed E-state index contributed by atoms with van der Waals surface area (Å²) in [6.45, 7) is 4.83. The second kappa shape index (κ2) is 4.63. The molecule has 1 atom stereocenters. The third-order valence-electron chi connectivity index (χ3n) is 2.80. The Balaban J connectivity index is 0.000000605. The van der Waals surface area contributed by atoms with Gasteiger partial charge in [0.05, 0.1) is 13.2 Å². The lowest BCUT2D eigenvalue weighted by Crippen LogP contribution is -2.50. The van der Waals surface area contributed by atoms with Crippen LogP contribution in [0.25, 0.3) is 0 Å². The minimum atomic E-state index is 0. The molecule has 3 N–H and O–H groups in total. The summed E-state index contributed by atoms with van der Waals surface area (Å²) in [5, 5.41) is 3.36. The van der Waals surface area contributed by atoms with Crippen LogP contribution in [0.15, 0.2) is 0 Å². The van der Waals surface area contributed by atoms with Crippen molar-refractivity contribution in [2.24, 2.45) is 17.1 Å². The summed E-state index contributed by atoms with van der Waals surface area (Å²) in [7, 11) is 0. The van der Waals surface area contributed by atoms with Crippen molar-refractivity contribution in [2.45, 2.75) is 0 Å². The van der Waals surface area contributed by atoms with Gasteiger partial charge >= 0.3 is 0 Å². The molecule has 0 aromatic carbocycles. The van der Waals surface area contributed by atoms with Gasteiger partial charge in [0.1, 0.15) is 0 Å². The number of halogens is 2. The Morgan fingerprint density at radius 1 is 1.42 bits per heavy atom. The SMILES string of the molecule is Cl.Cl.NCC1CNCC12COC2. The molecule has 0 saturated carbocycles. The second-order valence-electron chi connectivity index (χ2n) is 3.42. The Kier molecular flexibility index (Phi) is 4.81. The molecule has 0 aromatic heterocycles. The molecule has 2 aliphatic rings. The van der Waals surface area contributed by atoms with Gasteiger partial charge in [0.15, 0.2) is 0 Å². The quantitative estimate of drug-likeness (QED) is 0.648. The van der Waals surface area contributed by atoms with E-state index in [1.165, 1.54) is 0 Å². The Labute approximate surface area is 85.2 Å². The monoisotopic (exact) mass is 214 g/mol. The first kappa shape index (κ1) is 12.5. The summed E-state index contributed by atoms with van der Waals surface area (Å²) < 4.78 is 5.20. The maximum Gasteiger partial charge on any atom is 0.0560 e. The van der Waals surface area contributed by atoms with Crippen LogP contribution in [0.5, 0.6) is 0 Å². The average molecular weight is 215 g/mol. The normalized spacial score (nSPS) is 30.2. The minimum Gasteiger partial charge on any atom is -0.380 e. The number of nitrogens with one attached hydrogen (secondary N) is 1. The Morgan fingerprint density at radius 2 is 2.08 bits per heavy atom. The predicted molar refractivity (Wildman–Crippen MR) is 53.2 cm³/mol. The number of hydrogen-bond donors (Lipinski definition) is 2. The standard InChI is InChI=1S/C7H14N2O.2ClH/c8-1-6-2-9-3-7(6)4-10-5-7;;/h6,9H,1-5,8H2;2*1H. The van der Waals surface area contributed by atoms with Crippen molar-refractivity contribution in [3.05, 3.63) is 0 Å². The van der Waals surface area contributed by atoms with Crippen LogP contribution in [-0.4, -0.2) is 32.8 Å². The molecule has 0 radical (unpaired) electrons. The lowest BCUT2D eigenvalue weighted by atomic mass is 9.76. The molecule has 0 bridgehead atoms. The fourth-order valence-electron chi connectivity index (χ4n) is 1.89. The van der Waals surface area contributed by atoms with Gasteiger partial charge in [-0.2, -0.15) is 0 Å². The van der Waals surface area contributed by atoms with Crippen LogP contribution >= 0.6 is 24.8 Å². The molecule has 0 aliphatic carbocycles. The molecule has 1 spiro atoms. The molecule has 2 rings (SSSR count). The van der Waals surface area contributed by atoms with E-state index in [0.717, 1.165) is 32.8 Å². The molecule has 5 heteroatoms. The summed E-state index contributed by atoms with van der Waals surface area (Å²) in [4.78, 5) is 0. The van der Waals surface area contributed by atoms with E-state index >= 15 is 0 Å². The highest BCUT2D eigenvalue weighted by molar-refractivity contribution is 5.85. The van der Waals surface area contributed by atoms with Crippen molar-refractivity contribution in [1.82, 2.24) is 5.32 Å². The fourth-order valence-corrected chi connectivity index (χ4v) is 1.89. The number of rotatable bonds is 1. The van der Waals surface area contributed by atoms with Gasteiger partial charge < -0.3 is 15.8 Å². The zero-order valence-electron chi connectivity index (χ0n) is 6.91. The maximum absolute atomic E-state index is 5.62. The zero-order chi connectivity index (χ0) is 7.03. The first-order valence-corrected chi connectivity index (χ1v) is 3.86. The molecule has 74 valence electrons. The fraction of sp³-hybridized carbons (Fsp3) is 1.00. The zero-order valence-corrected chi connectivity index (χ0v) is 8.55. The second-order valence-corrected chi connectivity index (χ2v) is 3.42. The van der Waals surface area contributed by atoms with Gasteiger partial charge in [-0.15, -0.1) is 24.8 Å². The van der Waals surface area contributed by atoms with Crippen LogP contribution in [0.2, 0.25) is 0 Å². The van der Waals surface area contributed by atoms with E-state index in [0.29, 0.717) is 11.3 Å². The Hall–Kier alpha value is 0.460. The molecular weight excluding hydrogens is 199 g/mol. The van der Waals surface area contributed by atoms with E-state index in [-0.39, 0.29) is 24.8 Å². The summed E-state index contributed by atoms with van der Waals surface area (Å²) in [6.07, 6.45) is 0. The molecule has 1 unspecified atom stereocenters. The molecule has 2 aliphatic heterocycles. The topological polar surface area (TPSA) is 47.3 Å². The molecule has 0 amide bonds. The Bertz CT molecular complexity index is 141. The van der Waals surface area contributed by atoms with E-state index in [9.17, 15) is 0 Å². The molecule has 2 heterocycles. The van der Waals surface area contributed by atoms with Crippen molar-refractivity contribution in [2.75, 3.05) is 32.8 Å². The smallest absolute Gasteiger partial charge is 0.0560 e. The summed E-state index contributed by atoms with van der Waals surface area (Å²) in [5.41, 5.74) is 6.05. The summed E-state index contributed by atoms with van der Waals surface area (Å²) in [6, 6.07) is 0. The van der Waals surface area contributed by atoms with Crippen molar-refractivity contribution in [3.63, 3.8) is 0 Å². The third kappa shape index (κ3) is 1.70. The molecule has 2 fully saturated rings. The van der Waals surface area contributed by atoms with Gasteiger partial charge in [0.2, 0.25) is 0 Å². The highest BCUT2D eigenvalue weighted by atomic mass is 35.5. The van der Waals surface area contributed by atoms with E-state index in [1.54, 1.807) is 0 Å². The number of hydrogen-bond acceptors (Lipinski definition) is 3. The first-order valence-electron chi connectivity index (χ1n) is 3.86. The molecular formula is C7H16Cl2N2O. The van der Waals surface area contributed by atoms with Crippen LogP contribution < -0.4 is 11.1 Å². The van der Waals surface area contributed by atoms with Gasteiger partial charge in [-0.1, -0.05) is 0 Å². The third-order valence-corrected chi connectivity index (χ3v) is 2.80. The first-order chi connectivity index (χ1) is 4.87. The van der Waals surface area contributed by atoms with E-state index < -0.39 is 0 Å². The largest absolute Gasteiger partial charge is 0.380 e. The highest BCUT2D eigenvalue weighted by Gasteiger charge is 2.47. The van der Waals surface area contributed by atoms with Gasteiger partial charge in [-0.25, -0.2) is 0 Å². The lowest BCUT2D eigenvalue weighted by Gasteiger charge is -2.41. The minimum absolute atomic E-state index is 0. The van der Waals surface area contributed by atoms with Gasteiger partial charge in [0, 0.05) is 12.0 Å². The lowest BCUT2D eigenvalue weighted by molar-refractivity contribution is -0.122. The predicted octanol–water partition coefficient (Wildman–Crippen LogP) is 0.0247. The van der Waals surface area contributed by atoms with E-state index in [1.807, 2.05) is 0 Å². The van der Waals surface area contributed by atoms with Crippen LogP contribution in [0, 0.1) is 11.3 Å². The van der Waals surface area contributed by atoms with Crippen molar-refractivity contribution in [1.29, 1.82) is 0 Å². The number of ether oxygens (including phenoxy) is 1. The van der Waals surface area contributed by atoms with Crippen molar-refractivity contribution >= 4 is 24.8 Å². The van der Waals surface area contributed by atoms with Gasteiger partial charge in [-0.05, 0) is 19.0 Å². The van der Waals surface area contributed by atoms with Crippen LogP contribution in [0.1, 0.15) is 0 Å². The van der Waals surface area contributed by atoms with Crippen LogP contribution in [-0.2, 0) is 4.74 Å². The molecule has 12 heavy (non-hydrogen) atoms. The summed E-state index contributed by atoms with van der Waals surface area (Å²) >= 11 is 0. The molecule has 3 nitrogen and oxygen atoms in total. The van der Waals surface area contributed by atoms with Crippen LogP contribution in [0.4, 0.5) is 0 Å². The van der Waals surface area contributed by atoms with Gasteiger partial charge in [-0.3, -0.25) is 0 Å². The molecule has 2 saturated heterocycles. The van der Waals surface area contributed by atoms with Gasteiger partial charge in [0.25, 0.3) is 0 Å². The highest BCUT2D eigenvalue weighted by Crippen LogP contribution is 2.37. The maximum atomic E-state index is 5.62. The Morgan fingerprint density at radius 3 is 2.42 bits per heavy atom. The van der Waals surface area contributed by atoms with E-state index in [4.69, 9.17) is 10.5 Å². The summed E-state index contributed by atoms with van der Waals surface area (Å²) in [5.74, 6) is 0.654. The van der Waals surface area contributed by atoms with Crippen LogP contribution in [0.3, 0.4) is 0 Å². The average Bonchev–Trinajstić information content (AvgIpc) is 2.27. The van der Waals surface area contributed by atoms with Crippen molar-refractivity contribution < 1.29 is 4.74 Å². The van der Waals surface area contributed by atoms with E-state index in [2.05, 4.69) is 5.32 Å². The molecule has 0 aromatic rings.